The molecule has 0 fully saturated rings. The number of unbranched alkanes of at least 4 members (excludes halogenated alkanes) is 1. The molecule has 0 saturated heterocycles. The summed E-state index contributed by atoms with van der Waals surface area (Å²) in [6.07, 6.45) is 2.64. The number of hydrogen-bond acceptors (Lipinski definition) is 2. The first kappa shape index (κ1) is 12.9. The number of rotatable bonds is 6. The van der Waals surface area contributed by atoms with Crippen LogP contribution in [-0.4, -0.2) is 22.5 Å². The van der Waals surface area contributed by atoms with Gasteiger partial charge in [-0.1, -0.05) is 26.7 Å². The molecule has 1 atom stereocenters. The van der Waals surface area contributed by atoms with Crippen LogP contribution in [0.5, 0.6) is 0 Å². The summed E-state index contributed by atoms with van der Waals surface area (Å²) in [4.78, 5) is 22.0. The van der Waals surface area contributed by atoms with Crippen LogP contribution < -0.4 is 5.32 Å². The van der Waals surface area contributed by atoms with Crippen molar-refractivity contribution in [2.75, 3.05) is 0 Å². The summed E-state index contributed by atoms with van der Waals surface area (Å²) in [6, 6.07) is 0. The van der Waals surface area contributed by atoms with Crippen LogP contribution in [0.2, 0.25) is 0 Å². The van der Waals surface area contributed by atoms with Gasteiger partial charge in [0.1, 0.15) is 5.54 Å². The summed E-state index contributed by atoms with van der Waals surface area (Å²) < 4.78 is 0. The van der Waals surface area contributed by atoms with Gasteiger partial charge in [0.25, 0.3) is 0 Å². The van der Waals surface area contributed by atoms with Crippen LogP contribution >= 0.6 is 0 Å². The van der Waals surface area contributed by atoms with Crippen molar-refractivity contribution in [3.63, 3.8) is 0 Å². The van der Waals surface area contributed by atoms with Crippen LogP contribution in [0.1, 0.15) is 46.5 Å². The normalized spacial score (nSPS) is 14.5. The fourth-order valence-corrected chi connectivity index (χ4v) is 1.45. The van der Waals surface area contributed by atoms with E-state index in [1.807, 2.05) is 6.92 Å². The van der Waals surface area contributed by atoms with Crippen molar-refractivity contribution in [2.24, 2.45) is 0 Å². The number of aliphatic carboxylic acids is 1. The van der Waals surface area contributed by atoms with Crippen LogP contribution in [0, 0.1) is 0 Å². The molecule has 0 aromatic heterocycles. The van der Waals surface area contributed by atoms with Crippen LogP contribution in [0.15, 0.2) is 0 Å². The van der Waals surface area contributed by atoms with E-state index in [-0.39, 0.29) is 5.91 Å². The van der Waals surface area contributed by atoms with E-state index in [1.54, 1.807) is 6.92 Å². The van der Waals surface area contributed by atoms with E-state index < -0.39 is 11.5 Å². The second kappa shape index (κ2) is 5.62. The van der Waals surface area contributed by atoms with Gasteiger partial charge >= 0.3 is 5.97 Å². The Hall–Kier alpha value is -1.06. The summed E-state index contributed by atoms with van der Waals surface area (Å²) in [5.41, 5.74) is -1.07. The molecule has 0 aliphatic carbocycles. The predicted molar refractivity (Wildman–Crippen MR) is 54.0 cm³/mol. The number of carbonyl (C=O) groups is 2. The molecule has 0 aromatic rings. The third kappa shape index (κ3) is 3.36. The van der Waals surface area contributed by atoms with Gasteiger partial charge in [0, 0.05) is 6.92 Å². The van der Waals surface area contributed by atoms with Crippen molar-refractivity contribution in [3.8, 4) is 0 Å². The molecule has 0 rings (SSSR count). The van der Waals surface area contributed by atoms with E-state index in [9.17, 15) is 9.59 Å². The number of hydrogen-bond donors (Lipinski definition) is 2. The maximum atomic E-state index is 11.1. The molecule has 0 heterocycles. The van der Waals surface area contributed by atoms with Gasteiger partial charge in [-0.3, -0.25) is 4.79 Å². The Morgan fingerprint density at radius 1 is 1.36 bits per heavy atom. The van der Waals surface area contributed by atoms with E-state index >= 15 is 0 Å². The Kier molecular flexibility index (Phi) is 5.20. The fraction of sp³-hybridized carbons (Fsp3) is 0.800. The maximum Gasteiger partial charge on any atom is 0.329 e. The lowest BCUT2D eigenvalue weighted by Crippen LogP contribution is -2.53. The highest BCUT2D eigenvalue weighted by Crippen LogP contribution is 2.19. The highest BCUT2D eigenvalue weighted by Gasteiger charge is 2.36. The molecular weight excluding hydrogens is 182 g/mol. The highest BCUT2D eigenvalue weighted by atomic mass is 16.4. The zero-order valence-electron chi connectivity index (χ0n) is 9.09. The lowest BCUT2D eigenvalue weighted by Gasteiger charge is -2.28. The first-order valence-corrected chi connectivity index (χ1v) is 5.00. The van der Waals surface area contributed by atoms with Crippen molar-refractivity contribution >= 4 is 11.9 Å². The lowest BCUT2D eigenvalue weighted by atomic mass is 9.89. The summed E-state index contributed by atoms with van der Waals surface area (Å²) in [7, 11) is 0. The molecule has 4 heteroatoms. The van der Waals surface area contributed by atoms with Crippen LogP contribution in [-0.2, 0) is 9.59 Å². The number of carboxylic acid groups (broad SMARTS) is 1. The monoisotopic (exact) mass is 201 g/mol. The van der Waals surface area contributed by atoms with E-state index in [0.717, 1.165) is 12.8 Å². The lowest BCUT2D eigenvalue weighted by molar-refractivity contribution is -0.148. The average Bonchev–Trinajstić information content (AvgIpc) is 2.11. The Morgan fingerprint density at radius 3 is 2.21 bits per heavy atom. The molecular formula is C10H19NO3. The van der Waals surface area contributed by atoms with E-state index in [4.69, 9.17) is 5.11 Å². The summed E-state index contributed by atoms with van der Waals surface area (Å²) in [5.74, 6) is -1.23. The topological polar surface area (TPSA) is 66.4 Å². The van der Waals surface area contributed by atoms with Crippen molar-refractivity contribution in [3.05, 3.63) is 0 Å². The molecule has 1 amide bonds. The quantitative estimate of drug-likeness (QED) is 0.685. The van der Waals surface area contributed by atoms with E-state index in [2.05, 4.69) is 5.32 Å². The number of carbonyl (C=O) groups excluding carboxylic acids is 1. The number of amides is 1. The van der Waals surface area contributed by atoms with Gasteiger partial charge in [-0.05, 0) is 12.8 Å². The summed E-state index contributed by atoms with van der Waals surface area (Å²) in [6.45, 7) is 5.12. The standard InChI is InChI=1S/C10H19NO3/c1-4-6-7-10(5-2,9(13)14)11-8(3)12/h4-7H2,1-3H3,(H,11,12)(H,13,14). The minimum absolute atomic E-state index is 0.287. The molecule has 14 heavy (non-hydrogen) atoms. The van der Waals surface area contributed by atoms with Crippen LogP contribution in [0.4, 0.5) is 0 Å². The molecule has 0 radical (unpaired) electrons. The van der Waals surface area contributed by atoms with Crippen molar-refractivity contribution in [1.29, 1.82) is 0 Å². The van der Waals surface area contributed by atoms with Gasteiger partial charge in [-0.25, -0.2) is 4.79 Å². The fourth-order valence-electron chi connectivity index (χ4n) is 1.45. The van der Waals surface area contributed by atoms with Gasteiger partial charge in [-0.15, -0.1) is 0 Å². The van der Waals surface area contributed by atoms with Crippen molar-refractivity contribution in [1.82, 2.24) is 5.32 Å². The Bertz CT molecular complexity index is 215. The second-order valence-electron chi connectivity index (χ2n) is 3.53. The van der Waals surface area contributed by atoms with E-state index in [1.165, 1.54) is 6.92 Å². The molecule has 0 aliphatic rings. The molecule has 2 N–H and O–H groups in total. The maximum absolute atomic E-state index is 11.1. The largest absolute Gasteiger partial charge is 0.480 e. The molecule has 82 valence electrons. The zero-order chi connectivity index (χ0) is 11.2. The minimum atomic E-state index is -1.07. The summed E-state index contributed by atoms with van der Waals surface area (Å²) in [5, 5.41) is 11.6. The smallest absolute Gasteiger partial charge is 0.329 e. The average molecular weight is 201 g/mol. The van der Waals surface area contributed by atoms with Crippen molar-refractivity contribution < 1.29 is 14.7 Å². The number of carboxylic acids is 1. The highest BCUT2D eigenvalue weighted by molar-refractivity contribution is 5.85. The summed E-state index contributed by atoms with van der Waals surface area (Å²) >= 11 is 0. The van der Waals surface area contributed by atoms with Gasteiger partial charge in [-0.2, -0.15) is 0 Å². The molecule has 1 unspecified atom stereocenters. The predicted octanol–water partition coefficient (Wildman–Crippen LogP) is 1.55. The Balaban J connectivity index is 4.60. The third-order valence-corrected chi connectivity index (χ3v) is 2.39. The second-order valence-corrected chi connectivity index (χ2v) is 3.53. The van der Waals surface area contributed by atoms with Gasteiger partial charge in [0.05, 0.1) is 0 Å². The Labute approximate surface area is 84.7 Å². The molecule has 0 saturated carbocycles. The van der Waals surface area contributed by atoms with Crippen LogP contribution in [0.25, 0.3) is 0 Å². The SMILES string of the molecule is CCCCC(CC)(NC(C)=O)C(=O)O. The van der Waals surface area contributed by atoms with Gasteiger partial charge < -0.3 is 10.4 Å². The van der Waals surface area contributed by atoms with Crippen molar-refractivity contribution in [2.45, 2.75) is 52.0 Å². The van der Waals surface area contributed by atoms with Crippen LogP contribution in [0.3, 0.4) is 0 Å². The van der Waals surface area contributed by atoms with Gasteiger partial charge in [0.2, 0.25) is 5.91 Å². The molecule has 0 spiro atoms. The molecule has 0 bridgehead atoms. The minimum Gasteiger partial charge on any atom is -0.480 e. The first-order chi connectivity index (χ1) is 6.48. The zero-order valence-corrected chi connectivity index (χ0v) is 9.09. The van der Waals surface area contributed by atoms with Gasteiger partial charge in [0.15, 0.2) is 0 Å². The molecule has 4 nitrogen and oxygen atoms in total. The Morgan fingerprint density at radius 2 is 1.93 bits per heavy atom. The third-order valence-electron chi connectivity index (χ3n) is 2.39. The first-order valence-electron chi connectivity index (χ1n) is 5.00. The molecule has 0 aliphatic heterocycles. The number of nitrogens with one attached hydrogen (secondary N) is 1. The molecule has 0 aromatic carbocycles. The van der Waals surface area contributed by atoms with E-state index in [0.29, 0.717) is 12.8 Å².